The lowest BCUT2D eigenvalue weighted by Gasteiger charge is -2.43. The minimum Gasteiger partial charge on any atom is -0.388 e. The number of aliphatic hydroxyl groups excluding tert-OH is 3. The smallest absolute Gasteiger partial charge is 0.237 e. The van der Waals surface area contributed by atoms with E-state index in [4.69, 9.17) is 16.3 Å². The van der Waals surface area contributed by atoms with Gasteiger partial charge in [-0.2, -0.15) is 0 Å². The maximum atomic E-state index is 12.9. The minimum absolute atomic E-state index is 0.218. The Balaban J connectivity index is 2.14. The van der Waals surface area contributed by atoms with Crippen LogP contribution in [0.4, 0.5) is 0 Å². The summed E-state index contributed by atoms with van der Waals surface area (Å²) < 4.78 is 17.5. The molecule has 0 aromatic rings. The number of likely N-dealkylation sites (tertiary alicyclic amines) is 1. The van der Waals surface area contributed by atoms with E-state index < -0.39 is 52.1 Å². The number of amides is 1. The van der Waals surface area contributed by atoms with Gasteiger partial charge in [0, 0.05) is 12.8 Å². The van der Waals surface area contributed by atoms with E-state index in [0.29, 0.717) is 5.92 Å². The Hall–Kier alpha value is -0.290. The maximum Gasteiger partial charge on any atom is 0.237 e. The highest BCUT2D eigenvalue weighted by Crippen LogP contribution is 2.29. The summed E-state index contributed by atoms with van der Waals surface area (Å²) in [5, 5.41) is 32.8. The molecule has 2 rings (SSSR count). The second-order valence-electron chi connectivity index (χ2n) is 8.00. The number of halogens is 1. The largest absolute Gasteiger partial charge is 0.388 e. The number of aliphatic hydroxyl groups is 3. The number of nitrogens with zero attached hydrogens (tertiary/aromatic N) is 1. The van der Waals surface area contributed by atoms with Crippen LogP contribution in [0, 0.1) is 5.92 Å². The number of likely N-dealkylation sites (N-methyl/N-ethyl adjacent to an activating group) is 1. The average molecular weight is 441 g/mol. The van der Waals surface area contributed by atoms with Gasteiger partial charge in [0.15, 0.2) is 5.44 Å². The molecule has 0 aromatic heterocycles. The Labute approximate surface area is 174 Å². The summed E-state index contributed by atoms with van der Waals surface area (Å²) in [6, 6.07) is -1.13. The molecule has 0 aliphatic carbocycles. The van der Waals surface area contributed by atoms with Crippen molar-refractivity contribution in [2.45, 2.75) is 80.4 Å². The molecule has 28 heavy (non-hydrogen) atoms. The first-order valence-corrected chi connectivity index (χ1v) is 11.8. The topological polar surface area (TPSA) is 119 Å². The van der Waals surface area contributed by atoms with E-state index >= 15 is 0 Å². The van der Waals surface area contributed by atoms with E-state index in [-0.39, 0.29) is 11.9 Å². The summed E-state index contributed by atoms with van der Waals surface area (Å²) in [6.07, 6.45) is -1.41. The number of carbonyl (C=O) groups excluding carboxylic acids is 1. The molecule has 0 spiro atoms. The molecule has 0 bridgehead atoms. The summed E-state index contributed by atoms with van der Waals surface area (Å²) in [6.45, 7) is 4.61. The molecular weight excluding hydrogens is 408 g/mol. The third-order valence-corrected chi connectivity index (χ3v) is 7.04. The van der Waals surface area contributed by atoms with Crippen molar-refractivity contribution < 1.29 is 29.1 Å². The number of ether oxygens (including phenoxy) is 1. The molecule has 2 fully saturated rings. The van der Waals surface area contributed by atoms with Gasteiger partial charge in [-0.25, -0.2) is 0 Å². The third-order valence-electron chi connectivity index (χ3n) is 5.73. The van der Waals surface area contributed by atoms with Crippen LogP contribution in [0.3, 0.4) is 0 Å². The fourth-order valence-corrected chi connectivity index (χ4v) is 5.24. The van der Waals surface area contributed by atoms with Crippen LogP contribution in [0.2, 0.25) is 0 Å². The van der Waals surface area contributed by atoms with Crippen molar-refractivity contribution in [3.05, 3.63) is 0 Å². The van der Waals surface area contributed by atoms with Crippen LogP contribution < -0.4 is 5.32 Å². The highest BCUT2D eigenvalue weighted by Gasteiger charge is 2.49. The summed E-state index contributed by atoms with van der Waals surface area (Å²) in [4.78, 5) is 14.9. The summed E-state index contributed by atoms with van der Waals surface area (Å²) in [5.41, 5.74) is -1.18. The lowest BCUT2D eigenvalue weighted by molar-refractivity contribution is -0.206. The molecule has 10 heteroatoms. The molecule has 2 aliphatic heterocycles. The lowest BCUT2D eigenvalue weighted by Crippen LogP contribution is -2.66. The van der Waals surface area contributed by atoms with E-state index in [1.54, 1.807) is 6.92 Å². The first-order chi connectivity index (χ1) is 13.1. The first kappa shape index (κ1) is 24.0. The van der Waals surface area contributed by atoms with Gasteiger partial charge in [-0.3, -0.25) is 13.9 Å². The third kappa shape index (κ3) is 5.24. The number of nitrogens with one attached hydrogen (secondary N) is 1. The SMILES string of the molecule is CCC[C@@H]1C[C@H](C(=O)N[C@@H]([C@H]2O[C@H]([S@](C)=O)[C@@H](O)[C@H](O)[C@H]2O)[C@@H](C)Cl)N(C)C1. The predicted molar refractivity (Wildman–Crippen MR) is 107 cm³/mol. The zero-order chi connectivity index (χ0) is 21.2. The standard InChI is InChI=1S/C18H33ClN2O6S/c1-5-6-10-7-11(21(3)8-10)17(25)20-12(9(2)19)16-14(23)13(22)15(24)18(27-16)28(4)26/h9-16,18,22-24H,5-8H2,1-4H3,(H,20,25)/t9-,10-,11-,12-,13-,14-,15+,16-,18-,28+/m1/s1. The van der Waals surface area contributed by atoms with Crippen LogP contribution in [0.15, 0.2) is 0 Å². The molecular formula is C18H33ClN2O6S. The molecule has 2 heterocycles. The van der Waals surface area contributed by atoms with E-state index in [9.17, 15) is 24.3 Å². The highest BCUT2D eigenvalue weighted by molar-refractivity contribution is 7.84. The van der Waals surface area contributed by atoms with Gasteiger partial charge in [0.25, 0.3) is 0 Å². The van der Waals surface area contributed by atoms with E-state index in [1.807, 2.05) is 11.9 Å². The number of hydrogen-bond acceptors (Lipinski definition) is 7. The minimum atomic E-state index is -1.60. The fourth-order valence-electron chi connectivity index (χ4n) is 4.19. The van der Waals surface area contributed by atoms with Gasteiger partial charge in [-0.15, -0.1) is 11.6 Å². The van der Waals surface area contributed by atoms with Crippen LogP contribution in [-0.4, -0.2) is 97.5 Å². The van der Waals surface area contributed by atoms with Gasteiger partial charge in [0.1, 0.15) is 24.4 Å². The Bertz CT molecular complexity index is 568. The van der Waals surface area contributed by atoms with Crippen LogP contribution in [0.25, 0.3) is 0 Å². The van der Waals surface area contributed by atoms with Crippen molar-refractivity contribution in [1.82, 2.24) is 10.2 Å². The maximum absolute atomic E-state index is 12.9. The van der Waals surface area contributed by atoms with Gasteiger partial charge < -0.3 is 25.4 Å². The molecule has 10 atom stereocenters. The van der Waals surface area contributed by atoms with Crippen molar-refractivity contribution in [3.63, 3.8) is 0 Å². The van der Waals surface area contributed by atoms with Crippen molar-refractivity contribution in [2.24, 2.45) is 5.92 Å². The monoisotopic (exact) mass is 440 g/mol. The van der Waals surface area contributed by atoms with Crippen molar-refractivity contribution in [3.8, 4) is 0 Å². The Morgan fingerprint density at radius 2 is 1.96 bits per heavy atom. The molecule has 164 valence electrons. The number of alkyl halides is 1. The predicted octanol–water partition coefficient (Wildman–Crippen LogP) is -0.595. The molecule has 0 aromatic carbocycles. The molecule has 0 radical (unpaired) electrons. The average Bonchev–Trinajstić information content (AvgIpc) is 2.98. The quantitative estimate of drug-likeness (QED) is 0.390. The summed E-state index contributed by atoms with van der Waals surface area (Å²) in [7, 11) is 0.301. The molecule has 4 N–H and O–H groups in total. The van der Waals surface area contributed by atoms with Crippen molar-refractivity contribution >= 4 is 28.3 Å². The molecule has 2 aliphatic rings. The zero-order valence-electron chi connectivity index (χ0n) is 16.8. The normalized spacial score (nSPS) is 40.1. The van der Waals surface area contributed by atoms with E-state index in [0.717, 1.165) is 25.8 Å². The van der Waals surface area contributed by atoms with Gasteiger partial charge in [-0.05, 0) is 32.7 Å². The second kappa shape index (κ2) is 10.1. The van der Waals surface area contributed by atoms with Crippen LogP contribution in [-0.2, 0) is 20.3 Å². The second-order valence-corrected chi connectivity index (χ2v) is 10.1. The van der Waals surface area contributed by atoms with Gasteiger partial charge in [0.2, 0.25) is 5.91 Å². The molecule has 0 saturated carbocycles. The fraction of sp³-hybridized carbons (Fsp3) is 0.944. The van der Waals surface area contributed by atoms with E-state index in [1.165, 1.54) is 6.26 Å². The van der Waals surface area contributed by atoms with Gasteiger partial charge >= 0.3 is 0 Å². The molecule has 0 unspecified atom stereocenters. The summed E-state index contributed by atoms with van der Waals surface area (Å²) >= 11 is 6.28. The van der Waals surface area contributed by atoms with Crippen LogP contribution in [0.5, 0.6) is 0 Å². The molecule has 8 nitrogen and oxygen atoms in total. The Morgan fingerprint density at radius 1 is 1.32 bits per heavy atom. The van der Waals surface area contributed by atoms with Crippen molar-refractivity contribution in [1.29, 1.82) is 0 Å². The van der Waals surface area contributed by atoms with Crippen LogP contribution >= 0.6 is 11.6 Å². The number of carbonyl (C=O) groups is 1. The van der Waals surface area contributed by atoms with Gasteiger partial charge in [0.05, 0.1) is 28.3 Å². The number of hydrogen-bond donors (Lipinski definition) is 4. The first-order valence-electron chi connectivity index (χ1n) is 9.75. The highest BCUT2D eigenvalue weighted by atomic mass is 35.5. The Morgan fingerprint density at radius 3 is 2.50 bits per heavy atom. The van der Waals surface area contributed by atoms with E-state index in [2.05, 4.69) is 12.2 Å². The molecule has 1 amide bonds. The number of rotatable bonds is 7. The zero-order valence-corrected chi connectivity index (χ0v) is 18.4. The molecule has 2 saturated heterocycles. The Kier molecular flexibility index (Phi) is 8.69. The van der Waals surface area contributed by atoms with Crippen LogP contribution in [0.1, 0.15) is 33.1 Å². The summed E-state index contributed by atoms with van der Waals surface area (Å²) in [5.74, 6) is 0.238. The van der Waals surface area contributed by atoms with Crippen molar-refractivity contribution in [2.75, 3.05) is 19.8 Å². The lowest BCUT2D eigenvalue weighted by atomic mass is 9.92. The van der Waals surface area contributed by atoms with Gasteiger partial charge in [-0.1, -0.05) is 13.3 Å².